The Morgan fingerprint density at radius 1 is 1.09 bits per heavy atom. The molecule has 1 saturated heterocycles. The molecule has 0 bridgehead atoms. The minimum Gasteiger partial charge on any atom is -0.494 e. The molecule has 33 heavy (non-hydrogen) atoms. The summed E-state index contributed by atoms with van der Waals surface area (Å²) >= 11 is 0. The largest absolute Gasteiger partial charge is 0.494 e. The molecular formula is C24H27N6O3+. The Labute approximate surface area is 192 Å². The number of aliphatic imine (C=N–C) groups is 1. The number of ether oxygens (including phenoxy) is 1. The van der Waals surface area contributed by atoms with Crippen molar-refractivity contribution in [2.24, 2.45) is 10.1 Å². The lowest BCUT2D eigenvalue weighted by atomic mass is 10.1. The number of hydrogen-bond donors (Lipinski definition) is 1. The third kappa shape index (κ3) is 4.62. The van der Waals surface area contributed by atoms with Crippen molar-refractivity contribution in [3.8, 4) is 5.75 Å². The van der Waals surface area contributed by atoms with Crippen LogP contribution in [0.1, 0.15) is 18.1 Å². The van der Waals surface area contributed by atoms with E-state index in [0.717, 1.165) is 21.8 Å². The highest BCUT2D eigenvalue weighted by Crippen LogP contribution is 2.19. The summed E-state index contributed by atoms with van der Waals surface area (Å²) in [7, 11) is 3.11. The van der Waals surface area contributed by atoms with Crippen LogP contribution in [0, 0.1) is 0 Å². The molecule has 2 aliphatic heterocycles. The van der Waals surface area contributed by atoms with Crippen LogP contribution in [0.5, 0.6) is 5.75 Å². The summed E-state index contributed by atoms with van der Waals surface area (Å²) in [5.41, 5.74) is 4.99. The maximum atomic E-state index is 13.0. The molecule has 0 aromatic heterocycles. The molecule has 9 nitrogen and oxygen atoms in total. The van der Waals surface area contributed by atoms with Crippen LogP contribution in [0.2, 0.25) is 0 Å². The average Bonchev–Trinajstić information content (AvgIpc) is 3.20. The number of amidine groups is 1. The molecule has 9 heteroatoms. The van der Waals surface area contributed by atoms with E-state index in [4.69, 9.17) is 4.74 Å². The topological polar surface area (TPSA) is 89.6 Å². The number of fused-ring (bicyclic) bond motifs is 1. The standard InChI is InChI=1S/C24H26N6O3/c1-4-33-19-12-10-18(11-13-19)16-25-27-23-26-21-20(22(31)29(3)24(32)28(21)2)30(23)15-14-17-8-6-5-7-9-17/h5-13,16,20H,4,14-15H2,1-3H3/p+1/b25-16+. The average molecular weight is 448 g/mol. The molecule has 170 valence electrons. The van der Waals surface area contributed by atoms with Crippen molar-refractivity contribution < 1.29 is 18.9 Å². The van der Waals surface area contributed by atoms with E-state index in [-0.39, 0.29) is 5.91 Å². The lowest BCUT2D eigenvalue weighted by molar-refractivity contribution is -0.536. The number of benzene rings is 2. The zero-order valence-electron chi connectivity index (χ0n) is 18.9. The second-order valence-electron chi connectivity index (χ2n) is 7.74. The fourth-order valence-electron chi connectivity index (χ4n) is 3.80. The van der Waals surface area contributed by atoms with Crippen molar-refractivity contribution in [2.45, 2.75) is 19.4 Å². The van der Waals surface area contributed by atoms with E-state index in [1.54, 1.807) is 13.3 Å². The van der Waals surface area contributed by atoms with Gasteiger partial charge < -0.3 is 4.74 Å². The molecule has 0 aliphatic carbocycles. The number of hydrogen-bond acceptors (Lipinski definition) is 6. The highest BCUT2D eigenvalue weighted by Gasteiger charge is 2.51. The van der Waals surface area contributed by atoms with Crippen LogP contribution < -0.4 is 10.2 Å². The number of carbonyl (C=O) groups excluding carboxylic acids is 2. The summed E-state index contributed by atoms with van der Waals surface area (Å²) in [5.74, 6) is 1.31. The number of rotatable bonds is 7. The van der Waals surface area contributed by atoms with E-state index in [1.165, 1.54) is 11.9 Å². The van der Waals surface area contributed by atoms with Crippen molar-refractivity contribution >= 4 is 29.9 Å². The van der Waals surface area contributed by atoms with Gasteiger partial charge in [0.25, 0.3) is 5.91 Å². The number of nitrogens with zero attached hydrogens (tertiary/aromatic N) is 5. The first kappa shape index (κ1) is 22.2. The Hall–Kier alpha value is -4.01. The molecule has 2 aromatic rings. The smallest absolute Gasteiger partial charge is 0.413 e. The molecule has 0 spiro atoms. The molecule has 3 amide bonds. The highest BCUT2D eigenvalue weighted by molar-refractivity contribution is 6.22. The van der Waals surface area contributed by atoms with E-state index in [2.05, 4.69) is 15.5 Å². The van der Waals surface area contributed by atoms with Crippen LogP contribution in [0.25, 0.3) is 0 Å². The summed E-state index contributed by atoms with van der Waals surface area (Å²) in [6.07, 6.45) is 2.38. The van der Waals surface area contributed by atoms with Crippen LogP contribution in [-0.4, -0.2) is 77.6 Å². The minimum atomic E-state index is -0.676. The molecule has 1 fully saturated rings. The predicted molar refractivity (Wildman–Crippen MR) is 126 cm³/mol. The van der Waals surface area contributed by atoms with Gasteiger partial charge in [0.15, 0.2) is 0 Å². The number of imide groups is 1. The third-order valence-corrected chi connectivity index (χ3v) is 5.58. The number of urea groups is 1. The summed E-state index contributed by atoms with van der Waals surface area (Å²) in [6.45, 7) is 3.08. The van der Waals surface area contributed by atoms with Gasteiger partial charge in [-0.05, 0) is 42.3 Å². The number of amides is 3. The summed E-state index contributed by atoms with van der Waals surface area (Å²) in [4.78, 5) is 32.5. The number of guanidine groups is 1. The van der Waals surface area contributed by atoms with Crippen LogP contribution in [-0.2, 0) is 11.2 Å². The third-order valence-electron chi connectivity index (χ3n) is 5.58. The van der Waals surface area contributed by atoms with Crippen LogP contribution in [0.3, 0.4) is 0 Å². The molecule has 0 radical (unpaired) electrons. The normalized spacial score (nSPS) is 18.2. The highest BCUT2D eigenvalue weighted by atomic mass is 16.5. The number of carbonyl (C=O) groups is 2. The van der Waals surface area contributed by atoms with Gasteiger partial charge >= 0.3 is 12.0 Å². The second kappa shape index (κ2) is 9.64. The van der Waals surface area contributed by atoms with E-state index < -0.39 is 12.1 Å². The number of likely N-dealkylation sites (N-methyl/N-ethyl adjacent to an activating group) is 2. The van der Waals surface area contributed by atoms with E-state index in [9.17, 15) is 9.59 Å². The number of nitrogens with one attached hydrogen (secondary N) is 1. The van der Waals surface area contributed by atoms with E-state index in [0.29, 0.717) is 31.4 Å². The van der Waals surface area contributed by atoms with Crippen molar-refractivity contribution in [1.82, 2.24) is 15.2 Å². The zero-order valence-corrected chi connectivity index (χ0v) is 18.9. The van der Waals surface area contributed by atoms with Gasteiger partial charge in [-0.25, -0.2) is 9.37 Å². The predicted octanol–water partition coefficient (Wildman–Crippen LogP) is 1.92. The van der Waals surface area contributed by atoms with Gasteiger partial charge in [-0.15, -0.1) is 5.10 Å². The molecule has 1 atom stereocenters. The summed E-state index contributed by atoms with van der Waals surface area (Å²) < 4.78 is 7.32. The molecule has 0 saturated carbocycles. The molecule has 4 rings (SSSR count). The summed E-state index contributed by atoms with van der Waals surface area (Å²) in [6, 6.07) is 16.5. The molecular weight excluding hydrogens is 420 g/mol. The Bertz CT molecular complexity index is 1120. The maximum Gasteiger partial charge on any atom is 0.413 e. The Morgan fingerprint density at radius 3 is 2.52 bits per heavy atom. The maximum absolute atomic E-state index is 13.0. The Kier molecular flexibility index (Phi) is 6.48. The monoisotopic (exact) mass is 447 g/mol. The Balaban J connectivity index is 1.57. The van der Waals surface area contributed by atoms with Crippen LogP contribution >= 0.6 is 0 Å². The fourth-order valence-corrected chi connectivity index (χ4v) is 3.80. The first-order valence-corrected chi connectivity index (χ1v) is 10.8. The van der Waals surface area contributed by atoms with Crippen molar-refractivity contribution in [2.75, 3.05) is 27.2 Å². The van der Waals surface area contributed by atoms with Gasteiger partial charge in [0.05, 0.1) is 19.4 Å². The SMILES string of the molecule is CCOc1ccc(/C=N/NC2=[N+](CCc3ccccc3)C3C(=O)N(C)C(=O)N(C)C3=N2)cc1. The zero-order chi connectivity index (χ0) is 23.4. The van der Waals surface area contributed by atoms with Crippen molar-refractivity contribution in [1.29, 1.82) is 0 Å². The van der Waals surface area contributed by atoms with Crippen LogP contribution in [0.4, 0.5) is 4.79 Å². The summed E-state index contributed by atoms with van der Waals surface area (Å²) in [5, 5.41) is 4.32. The van der Waals surface area contributed by atoms with E-state index >= 15 is 0 Å². The lowest BCUT2D eigenvalue weighted by Gasteiger charge is -2.31. The second-order valence-corrected chi connectivity index (χ2v) is 7.74. The van der Waals surface area contributed by atoms with Gasteiger partial charge in [0.2, 0.25) is 11.9 Å². The minimum absolute atomic E-state index is 0.308. The van der Waals surface area contributed by atoms with E-state index in [1.807, 2.05) is 66.1 Å². The quantitative estimate of drug-likeness (QED) is 0.399. The van der Waals surface area contributed by atoms with Gasteiger partial charge in [0.1, 0.15) is 5.75 Å². The first-order valence-electron chi connectivity index (χ1n) is 10.8. The van der Waals surface area contributed by atoms with Gasteiger partial charge in [-0.1, -0.05) is 35.3 Å². The molecule has 2 aromatic carbocycles. The van der Waals surface area contributed by atoms with Crippen molar-refractivity contribution in [3.63, 3.8) is 0 Å². The first-order chi connectivity index (χ1) is 16.0. The number of hydrazone groups is 1. The molecule has 1 N–H and O–H groups in total. The molecule has 2 aliphatic rings. The van der Waals surface area contributed by atoms with Gasteiger partial charge in [-0.3, -0.25) is 14.6 Å². The van der Waals surface area contributed by atoms with Crippen molar-refractivity contribution in [3.05, 3.63) is 65.7 Å². The van der Waals surface area contributed by atoms with Gasteiger partial charge in [-0.2, -0.15) is 5.43 Å². The van der Waals surface area contributed by atoms with Crippen LogP contribution in [0.15, 0.2) is 64.7 Å². The molecule has 2 heterocycles. The fraction of sp³-hybridized carbons (Fsp3) is 0.292. The lowest BCUT2D eigenvalue weighted by Crippen LogP contribution is -2.61. The Morgan fingerprint density at radius 2 is 1.82 bits per heavy atom. The molecule has 1 unspecified atom stereocenters. The van der Waals surface area contributed by atoms with Gasteiger partial charge in [0, 0.05) is 20.5 Å².